The van der Waals surface area contributed by atoms with Crippen molar-refractivity contribution in [2.45, 2.75) is 88.2 Å². The van der Waals surface area contributed by atoms with Gasteiger partial charge in [0.2, 0.25) is 29.5 Å². The van der Waals surface area contributed by atoms with Crippen LogP contribution in [0.3, 0.4) is 0 Å². The summed E-state index contributed by atoms with van der Waals surface area (Å²) in [5, 5.41) is 29.5. The lowest BCUT2D eigenvalue weighted by atomic mass is 10.1. The van der Waals surface area contributed by atoms with Crippen LogP contribution in [-0.4, -0.2) is 125 Å². The van der Waals surface area contributed by atoms with Crippen LogP contribution in [0.15, 0.2) is 4.99 Å². The third-order valence-electron chi connectivity index (χ3n) is 7.04. The number of carbonyl (C=O) groups is 6. The third kappa shape index (κ3) is 13.5. The maximum Gasteiger partial charge on any atom is 0.326 e. The highest BCUT2D eigenvalue weighted by atomic mass is 32.1. The molecule has 0 aromatic rings. The Kier molecular flexibility index (Phi) is 17.8. The quantitative estimate of drug-likeness (QED) is 0.0255. The zero-order chi connectivity index (χ0) is 34.1. The van der Waals surface area contributed by atoms with E-state index in [1.165, 1.54) is 11.8 Å². The zero-order valence-electron chi connectivity index (χ0n) is 25.4. The molecule has 0 aliphatic carbocycles. The number of thiol groups is 1. The van der Waals surface area contributed by atoms with Crippen molar-refractivity contribution in [3.05, 3.63) is 0 Å². The van der Waals surface area contributed by atoms with E-state index in [-0.39, 0.29) is 50.6 Å². The number of hydrogen-bond acceptors (Lipinski definition) is 11. The van der Waals surface area contributed by atoms with Gasteiger partial charge in [-0.2, -0.15) is 12.6 Å². The smallest absolute Gasteiger partial charge is 0.326 e. The molecule has 1 saturated heterocycles. The molecular formula is C26H48N10O8S. The molecule has 6 atom stereocenters. The number of nitrogens with two attached hydrogens (primary N) is 4. The Labute approximate surface area is 267 Å². The largest absolute Gasteiger partial charge is 0.480 e. The molecule has 0 bridgehead atoms. The number of carboxylic acid groups (broad SMARTS) is 1. The third-order valence-corrected chi connectivity index (χ3v) is 7.41. The van der Waals surface area contributed by atoms with Crippen LogP contribution in [0, 0.1) is 0 Å². The first-order valence-corrected chi connectivity index (χ1v) is 15.4. The Balaban J connectivity index is 2.98. The molecule has 1 fully saturated rings. The highest BCUT2D eigenvalue weighted by Crippen LogP contribution is 2.20. The molecule has 1 heterocycles. The fourth-order valence-corrected chi connectivity index (χ4v) is 4.90. The van der Waals surface area contributed by atoms with E-state index in [4.69, 9.17) is 22.9 Å². The van der Waals surface area contributed by atoms with Crippen molar-refractivity contribution in [2.75, 3.05) is 31.9 Å². The predicted molar refractivity (Wildman–Crippen MR) is 167 cm³/mol. The monoisotopic (exact) mass is 660 g/mol. The Hall–Kier alpha value is -3.68. The Bertz CT molecular complexity index is 1060. The van der Waals surface area contributed by atoms with Gasteiger partial charge in [0, 0.05) is 18.8 Å². The summed E-state index contributed by atoms with van der Waals surface area (Å²) in [5.74, 6) is -5.08. The van der Waals surface area contributed by atoms with Crippen LogP contribution in [0.1, 0.15) is 51.9 Å². The Morgan fingerprint density at radius 3 is 2.13 bits per heavy atom. The van der Waals surface area contributed by atoms with E-state index < -0.39 is 71.8 Å². The normalized spacial score (nSPS) is 17.6. The van der Waals surface area contributed by atoms with Crippen LogP contribution < -0.4 is 44.2 Å². The summed E-state index contributed by atoms with van der Waals surface area (Å²) in [5.41, 5.74) is 21.4. The number of likely N-dealkylation sites (tertiary alicyclic amines) is 1. The number of rotatable bonds is 20. The molecular weight excluding hydrogens is 612 g/mol. The van der Waals surface area contributed by atoms with Gasteiger partial charge < -0.3 is 59.3 Å². The molecule has 1 aliphatic rings. The fourth-order valence-electron chi connectivity index (χ4n) is 4.65. The number of amides is 5. The van der Waals surface area contributed by atoms with Crippen molar-refractivity contribution in [2.24, 2.45) is 27.9 Å². The number of nitrogens with zero attached hydrogens (tertiary/aromatic N) is 2. The highest BCUT2D eigenvalue weighted by molar-refractivity contribution is 7.80. The minimum Gasteiger partial charge on any atom is -0.480 e. The maximum absolute atomic E-state index is 13.5. The molecule has 256 valence electrons. The van der Waals surface area contributed by atoms with Gasteiger partial charge in [-0.1, -0.05) is 0 Å². The maximum atomic E-state index is 13.5. The second-order valence-electron chi connectivity index (χ2n) is 10.6. The standard InChI is InChI=1S/C26H48N10O8S/c1-14(37)20(23(41)33-16(25(43)44)6-2-3-9-27)35-22(40)18-8-5-11-36(18)24(42)17(13-45)34-21(39)15(32-19(38)12-28)7-4-10-31-26(29)30/h14-18,20,37,45H,2-13,27-28H2,1H3,(H,32,38)(H,33,41)(H,34,39)(H,35,40)(H,43,44)(H4,29,30,31)/t14-,15+,16+,17+,18+,20+/m1/s1. The molecule has 0 saturated carbocycles. The molecule has 18 nitrogen and oxygen atoms in total. The van der Waals surface area contributed by atoms with Crippen molar-refractivity contribution < 1.29 is 39.0 Å². The van der Waals surface area contributed by atoms with Crippen molar-refractivity contribution in [3.63, 3.8) is 0 Å². The Morgan fingerprint density at radius 2 is 1.58 bits per heavy atom. The lowest BCUT2D eigenvalue weighted by Crippen LogP contribution is -2.60. The number of unbranched alkanes of at least 4 members (excludes halogenated alkanes) is 1. The van der Waals surface area contributed by atoms with Crippen molar-refractivity contribution in [3.8, 4) is 0 Å². The first-order chi connectivity index (χ1) is 21.3. The number of aliphatic carboxylic acids is 1. The molecule has 0 radical (unpaired) electrons. The van der Waals surface area contributed by atoms with Gasteiger partial charge in [-0.05, 0) is 58.4 Å². The van der Waals surface area contributed by atoms with Crippen molar-refractivity contribution in [1.29, 1.82) is 0 Å². The van der Waals surface area contributed by atoms with Gasteiger partial charge in [-0.15, -0.1) is 0 Å². The first-order valence-electron chi connectivity index (χ1n) is 14.7. The number of carbonyl (C=O) groups excluding carboxylic acids is 5. The molecule has 5 amide bonds. The number of carboxylic acids is 1. The number of aliphatic hydroxyl groups is 1. The van der Waals surface area contributed by atoms with Gasteiger partial charge in [0.25, 0.3) is 0 Å². The van der Waals surface area contributed by atoms with E-state index in [2.05, 4.69) is 38.9 Å². The van der Waals surface area contributed by atoms with E-state index in [9.17, 15) is 39.0 Å². The molecule has 0 unspecified atom stereocenters. The molecule has 0 spiro atoms. The number of aliphatic imine (C=N–C) groups is 1. The number of nitrogens with one attached hydrogen (secondary N) is 4. The van der Waals surface area contributed by atoms with Crippen LogP contribution >= 0.6 is 12.6 Å². The molecule has 1 rings (SSSR count). The first kappa shape index (κ1) is 39.3. The van der Waals surface area contributed by atoms with Crippen molar-refractivity contribution >= 4 is 54.1 Å². The van der Waals surface area contributed by atoms with Gasteiger partial charge in [0.1, 0.15) is 30.2 Å². The average Bonchev–Trinajstić information content (AvgIpc) is 3.48. The fraction of sp³-hybridized carbons (Fsp3) is 0.731. The molecule has 45 heavy (non-hydrogen) atoms. The number of hydrogen-bond donors (Lipinski definition) is 11. The summed E-state index contributed by atoms with van der Waals surface area (Å²) in [6.45, 7) is 1.61. The average molecular weight is 661 g/mol. The predicted octanol–water partition coefficient (Wildman–Crippen LogP) is -4.55. The van der Waals surface area contributed by atoms with E-state index in [1.54, 1.807) is 0 Å². The summed E-state index contributed by atoms with van der Waals surface area (Å²) in [6, 6.07) is -6.03. The molecule has 14 N–H and O–H groups in total. The summed E-state index contributed by atoms with van der Waals surface area (Å²) in [7, 11) is 0. The van der Waals surface area contributed by atoms with Crippen molar-refractivity contribution in [1.82, 2.24) is 26.2 Å². The summed E-state index contributed by atoms with van der Waals surface area (Å²) in [6.07, 6.45) is 0.837. The van der Waals surface area contributed by atoms with Crippen LogP contribution in [0.2, 0.25) is 0 Å². The molecule has 0 aromatic heterocycles. The second kappa shape index (κ2) is 20.4. The van der Waals surface area contributed by atoms with Gasteiger partial charge in [-0.25, -0.2) is 4.79 Å². The van der Waals surface area contributed by atoms with Gasteiger partial charge in [-0.3, -0.25) is 29.0 Å². The summed E-state index contributed by atoms with van der Waals surface area (Å²) < 4.78 is 0. The Morgan fingerprint density at radius 1 is 0.933 bits per heavy atom. The lowest BCUT2D eigenvalue weighted by Gasteiger charge is -2.30. The minimum atomic E-state index is -1.50. The van der Waals surface area contributed by atoms with Gasteiger partial charge in [0.05, 0.1) is 12.6 Å². The number of guanidine groups is 1. The molecule has 1 aliphatic heterocycles. The van der Waals surface area contributed by atoms with E-state index in [0.717, 1.165) is 0 Å². The second-order valence-corrected chi connectivity index (χ2v) is 11.0. The number of aliphatic hydroxyl groups excluding tert-OH is 1. The summed E-state index contributed by atoms with van der Waals surface area (Å²) in [4.78, 5) is 81.4. The lowest BCUT2D eigenvalue weighted by molar-refractivity contribution is -0.144. The van der Waals surface area contributed by atoms with E-state index in [0.29, 0.717) is 32.2 Å². The van der Waals surface area contributed by atoms with Gasteiger partial charge >= 0.3 is 5.97 Å². The van der Waals surface area contributed by atoms with E-state index in [1.807, 2.05) is 0 Å². The summed E-state index contributed by atoms with van der Waals surface area (Å²) >= 11 is 4.20. The molecule has 0 aromatic carbocycles. The SMILES string of the molecule is C[C@@H](O)[C@H](NC(=O)[C@@H]1CCCN1C(=O)[C@H](CS)NC(=O)[C@H](CCCN=C(N)N)NC(=O)CN)C(=O)N[C@@H](CCCCN)C(=O)O. The molecule has 19 heteroatoms. The highest BCUT2D eigenvalue weighted by Gasteiger charge is 2.40. The van der Waals surface area contributed by atoms with E-state index >= 15 is 0 Å². The van der Waals surface area contributed by atoms with Crippen LogP contribution in [0.25, 0.3) is 0 Å². The van der Waals surface area contributed by atoms with Gasteiger partial charge in [0.15, 0.2) is 5.96 Å². The van der Waals surface area contributed by atoms with Crippen LogP contribution in [0.4, 0.5) is 0 Å². The minimum absolute atomic E-state index is 0.105. The van der Waals surface area contributed by atoms with Crippen LogP contribution in [0.5, 0.6) is 0 Å². The zero-order valence-corrected chi connectivity index (χ0v) is 26.3. The topological polar surface area (TPSA) is 311 Å². The van der Waals surface area contributed by atoms with Crippen LogP contribution in [-0.2, 0) is 28.8 Å².